The van der Waals surface area contributed by atoms with Gasteiger partial charge >= 0.3 is 0 Å². The molecule has 1 amide bonds. The third kappa shape index (κ3) is 8.50. The number of nitrogens with zero attached hydrogens (tertiary/aromatic N) is 3. The molecule has 1 aromatic rings. The molecule has 0 aliphatic carbocycles. The molecule has 0 saturated heterocycles. The molecule has 0 aromatic carbocycles. The van der Waals surface area contributed by atoms with Crippen LogP contribution < -0.4 is 10.6 Å². The van der Waals surface area contributed by atoms with Crippen molar-refractivity contribution in [3.63, 3.8) is 0 Å². The van der Waals surface area contributed by atoms with Crippen molar-refractivity contribution in [2.75, 3.05) is 20.6 Å². The Bertz CT molecular complexity index is 524. The van der Waals surface area contributed by atoms with Crippen molar-refractivity contribution in [2.45, 2.75) is 46.2 Å². The van der Waals surface area contributed by atoms with Gasteiger partial charge in [0.25, 0.3) is 0 Å². The summed E-state index contributed by atoms with van der Waals surface area (Å²) < 4.78 is 0. The number of nitrogens with one attached hydrogen (secondary N) is 2. The first-order valence-corrected chi connectivity index (χ1v) is 8.29. The summed E-state index contributed by atoms with van der Waals surface area (Å²) in [5, 5.41) is 9.35. The molecule has 0 fully saturated rings. The lowest BCUT2D eigenvalue weighted by molar-refractivity contribution is -0.122. The molecule has 1 rings (SSSR count). The standard InChI is InChI=1S/C15H27N5OS.HI/c1-7-13-18-11(10-22-13)8-17-14(16-5)20(6)9-12(21)19-15(2,3)4;/h10H,7-9H2,1-6H3,(H,16,17)(H,19,21);1H. The molecule has 0 saturated carbocycles. The van der Waals surface area contributed by atoms with E-state index in [1.807, 2.05) is 33.2 Å². The van der Waals surface area contributed by atoms with Gasteiger partial charge in [0.15, 0.2) is 5.96 Å². The Morgan fingerprint density at radius 1 is 1.43 bits per heavy atom. The number of halogens is 1. The van der Waals surface area contributed by atoms with E-state index in [-0.39, 0.29) is 42.0 Å². The summed E-state index contributed by atoms with van der Waals surface area (Å²) in [5.74, 6) is 0.648. The van der Waals surface area contributed by atoms with E-state index >= 15 is 0 Å². The zero-order chi connectivity index (χ0) is 16.8. The zero-order valence-electron chi connectivity index (χ0n) is 14.8. The number of hydrogen-bond donors (Lipinski definition) is 2. The molecular weight excluding hydrogens is 425 g/mol. The van der Waals surface area contributed by atoms with Gasteiger partial charge in [-0.15, -0.1) is 35.3 Å². The number of aryl methyl sites for hydroxylation is 1. The summed E-state index contributed by atoms with van der Waals surface area (Å²) in [7, 11) is 3.55. The maximum Gasteiger partial charge on any atom is 0.240 e. The average molecular weight is 453 g/mol. The van der Waals surface area contributed by atoms with Gasteiger partial charge in [0.05, 0.1) is 23.8 Å². The van der Waals surface area contributed by atoms with Gasteiger partial charge in [-0.2, -0.15) is 0 Å². The van der Waals surface area contributed by atoms with Gasteiger partial charge in [-0.25, -0.2) is 4.98 Å². The Morgan fingerprint density at radius 3 is 2.57 bits per heavy atom. The van der Waals surface area contributed by atoms with E-state index in [1.54, 1.807) is 23.3 Å². The molecule has 0 bridgehead atoms. The number of likely N-dealkylation sites (N-methyl/N-ethyl adjacent to an activating group) is 1. The fourth-order valence-electron chi connectivity index (χ4n) is 1.89. The molecule has 23 heavy (non-hydrogen) atoms. The first kappa shape index (κ1) is 22.1. The van der Waals surface area contributed by atoms with Crippen LogP contribution in [0.1, 0.15) is 38.4 Å². The van der Waals surface area contributed by atoms with E-state index in [9.17, 15) is 4.79 Å². The minimum atomic E-state index is -0.230. The van der Waals surface area contributed by atoms with Gasteiger partial charge in [-0.3, -0.25) is 9.79 Å². The zero-order valence-corrected chi connectivity index (χ0v) is 17.9. The Hall–Kier alpha value is -0.900. The molecule has 1 heterocycles. The van der Waals surface area contributed by atoms with E-state index in [2.05, 4.69) is 27.5 Å². The Balaban J connectivity index is 0.00000484. The Morgan fingerprint density at radius 2 is 2.09 bits per heavy atom. The van der Waals surface area contributed by atoms with Crippen LogP contribution in [-0.2, 0) is 17.8 Å². The predicted octanol–water partition coefficient (Wildman–Crippen LogP) is 2.25. The summed E-state index contributed by atoms with van der Waals surface area (Å²) in [4.78, 5) is 22.5. The van der Waals surface area contributed by atoms with Crippen molar-refractivity contribution < 1.29 is 4.79 Å². The first-order chi connectivity index (χ1) is 10.2. The lowest BCUT2D eigenvalue weighted by Crippen LogP contribution is -2.48. The van der Waals surface area contributed by atoms with Crippen LogP contribution in [0.2, 0.25) is 0 Å². The van der Waals surface area contributed by atoms with Crippen molar-refractivity contribution in [3.8, 4) is 0 Å². The highest BCUT2D eigenvalue weighted by Gasteiger charge is 2.16. The highest BCUT2D eigenvalue weighted by Crippen LogP contribution is 2.09. The molecule has 8 heteroatoms. The van der Waals surface area contributed by atoms with Gasteiger partial charge in [0.2, 0.25) is 5.91 Å². The van der Waals surface area contributed by atoms with E-state index in [0.717, 1.165) is 17.1 Å². The molecule has 132 valence electrons. The van der Waals surface area contributed by atoms with E-state index in [1.165, 1.54) is 0 Å². The summed E-state index contributed by atoms with van der Waals surface area (Å²) >= 11 is 1.67. The number of guanidine groups is 1. The van der Waals surface area contributed by atoms with Crippen LogP contribution in [0.25, 0.3) is 0 Å². The number of aromatic nitrogens is 1. The van der Waals surface area contributed by atoms with Gasteiger partial charge in [-0.1, -0.05) is 6.92 Å². The number of aliphatic imine (C=N–C) groups is 1. The minimum absolute atomic E-state index is 0. The lowest BCUT2D eigenvalue weighted by atomic mass is 10.1. The number of carbonyl (C=O) groups is 1. The molecule has 0 aliphatic rings. The van der Waals surface area contributed by atoms with Crippen LogP contribution in [0.4, 0.5) is 0 Å². The molecule has 2 N–H and O–H groups in total. The van der Waals surface area contributed by atoms with Crippen molar-refractivity contribution in [1.29, 1.82) is 0 Å². The molecule has 0 atom stereocenters. The van der Waals surface area contributed by atoms with E-state index < -0.39 is 0 Å². The van der Waals surface area contributed by atoms with Crippen molar-refractivity contribution >= 4 is 47.2 Å². The second-order valence-corrected chi connectivity index (χ2v) is 7.08. The van der Waals surface area contributed by atoms with Gasteiger partial charge < -0.3 is 15.5 Å². The fraction of sp³-hybridized carbons (Fsp3) is 0.667. The third-order valence-electron chi connectivity index (χ3n) is 2.80. The molecule has 1 aromatic heterocycles. The summed E-state index contributed by atoms with van der Waals surface area (Å²) in [6, 6.07) is 0. The van der Waals surface area contributed by atoms with Crippen LogP contribution >= 0.6 is 35.3 Å². The second-order valence-electron chi connectivity index (χ2n) is 6.14. The average Bonchev–Trinajstić information content (AvgIpc) is 2.85. The number of rotatable bonds is 5. The molecule has 6 nitrogen and oxygen atoms in total. The minimum Gasteiger partial charge on any atom is -0.351 e. The topological polar surface area (TPSA) is 69.6 Å². The quantitative estimate of drug-likeness (QED) is 0.408. The van der Waals surface area contributed by atoms with Crippen LogP contribution in [0, 0.1) is 0 Å². The lowest BCUT2D eigenvalue weighted by Gasteiger charge is -2.25. The van der Waals surface area contributed by atoms with Crippen LogP contribution in [0.5, 0.6) is 0 Å². The van der Waals surface area contributed by atoms with E-state index in [0.29, 0.717) is 12.5 Å². The summed E-state index contributed by atoms with van der Waals surface area (Å²) in [5.41, 5.74) is 0.766. The van der Waals surface area contributed by atoms with Gasteiger partial charge in [0.1, 0.15) is 0 Å². The number of thiazole rings is 1. The highest BCUT2D eigenvalue weighted by atomic mass is 127. The van der Waals surface area contributed by atoms with Crippen LogP contribution in [0.15, 0.2) is 10.4 Å². The van der Waals surface area contributed by atoms with Crippen molar-refractivity contribution in [2.24, 2.45) is 4.99 Å². The van der Waals surface area contributed by atoms with Crippen molar-refractivity contribution in [3.05, 3.63) is 16.1 Å². The molecule has 0 unspecified atom stereocenters. The molecule has 0 aliphatic heterocycles. The predicted molar refractivity (Wildman–Crippen MR) is 108 cm³/mol. The SMILES string of the molecule is CCc1nc(CNC(=NC)N(C)CC(=O)NC(C)(C)C)cs1.I. The summed E-state index contributed by atoms with van der Waals surface area (Å²) in [6.07, 6.45) is 0.951. The van der Waals surface area contributed by atoms with E-state index in [4.69, 9.17) is 0 Å². The highest BCUT2D eigenvalue weighted by molar-refractivity contribution is 14.0. The monoisotopic (exact) mass is 453 g/mol. The smallest absolute Gasteiger partial charge is 0.240 e. The molecule has 0 radical (unpaired) electrons. The van der Waals surface area contributed by atoms with Gasteiger partial charge in [-0.05, 0) is 27.2 Å². The molecule has 0 spiro atoms. The van der Waals surface area contributed by atoms with Crippen molar-refractivity contribution in [1.82, 2.24) is 20.5 Å². The number of carbonyl (C=O) groups excluding carboxylic acids is 1. The van der Waals surface area contributed by atoms with Crippen LogP contribution in [-0.4, -0.2) is 47.9 Å². The number of hydrogen-bond acceptors (Lipinski definition) is 4. The number of amides is 1. The normalized spacial score (nSPS) is 11.7. The second kappa shape index (κ2) is 10.1. The van der Waals surface area contributed by atoms with Crippen LogP contribution in [0.3, 0.4) is 0 Å². The third-order valence-corrected chi connectivity index (χ3v) is 3.84. The fourth-order valence-corrected chi connectivity index (χ4v) is 2.64. The largest absolute Gasteiger partial charge is 0.351 e. The summed E-state index contributed by atoms with van der Waals surface area (Å²) in [6.45, 7) is 8.85. The first-order valence-electron chi connectivity index (χ1n) is 7.41. The Labute approximate surface area is 160 Å². The Kier molecular flexibility index (Phi) is 9.67. The maximum atomic E-state index is 12.0. The maximum absolute atomic E-state index is 12.0. The molecular formula is C15H28IN5OS. The van der Waals surface area contributed by atoms with Gasteiger partial charge in [0, 0.05) is 25.0 Å².